The van der Waals surface area contributed by atoms with E-state index in [-0.39, 0.29) is 29.8 Å². The maximum absolute atomic E-state index is 12.1. The molecule has 5 nitrogen and oxygen atoms in total. The Labute approximate surface area is 111 Å². The van der Waals surface area contributed by atoms with Gasteiger partial charge in [-0.2, -0.15) is 0 Å². The van der Waals surface area contributed by atoms with E-state index in [2.05, 4.69) is 9.97 Å². The summed E-state index contributed by atoms with van der Waals surface area (Å²) in [5.74, 6) is 0.0501. The molecule has 1 heterocycles. The number of methoxy groups -OCH3 is 1. The van der Waals surface area contributed by atoms with Gasteiger partial charge in [0.05, 0.1) is 7.11 Å². The molecule has 5 heteroatoms. The van der Waals surface area contributed by atoms with Crippen LogP contribution in [0, 0.1) is 0 Å². The van der Waals surface area contributed by atoms with Crippen molar-refractivity contribution in [2.24, 2.45) is 5.73 Å². The Balaban J connectivity index is 2.13. The molecule has 0 saturated heterocycles. The van der Waals surface area contributed by atoms with Crippen molar-refractivity contribution in [3.8, 4) is 5.88 Å². The monoisotopic (exact) mass is 257 g/mol. The highest BCUT2D eigenvalue weighted by Gasteiger charge is 2.18. The fourth-order valence-electron chi connectivity index (χ4n) is 1.78. The van der Waals surface area contributed by atoms with E-state index in [4.69, 9.17) is 10.5 Å². The second-order valence-corrected chi connectivity index (χ2v) is 4.06. The molecule has 1 unspecified atom stereocenters. The number of ether oxygens (including phenoxy) is 1. The Morgan fingerprint density at radius 2 is 1.95 bits per heavy atom. The number of hydrogen-bond acceptors (Lipinski definition) is 5. The third-order valence-corrected chi connectivity index (χ3v) is 2.76. The first kappa shape index (κ1) is 13.2. The van der Waals surface area contributed by atoms with Gasteiger partial charge in [0.1, 0.15) is 0 Å². The van der Waals surface area contributed by atoms with E-state index in [0.29, 0.717) is 0 Å². The van der Waals surface area contributed by atoms with Crippen LogP contribution < -0.4 is 10.5 Å². The van der Waals surface area contributed by atoms with Gasteiger partial charge in [0.25, 0.3) is 0 Å². The van der Waals surface area contributed by atoms with Crippen LogP contribution in [-0.4, -0.2) is 22.9 Å². The summed E-state index contributed by atoms with van der Waals surface area (Å²) in [6.45, 7) is 0. The van der Waals surface area contributed by atoms with Gasteiger partial charge < -0.3 is 10.5 Å². The van der Waals surface area contributed by atoms with Crippen LogP contribution in [0.4, 0.5) is 0 Å². The highest BCUT2D eigenvalue weighted by atomic mass is 16.5. The van der Waals surface area contributed by atoms with Crippen molar-refractivity contribution < 1.29 is 9.53 Å². The van der Waals surface area contributed by atoms with E-state index in [1.807, 2.05) is 30.3 Å². The van der Waals surface area contributed by atoms with Crippen LogP contribution in [0.25, 0.3) is 0 Å². The van der Waals surface area contributed by atoms with Crippen molar-refractivity contribution >= 4 is 5.78 Å². The van der Waals surface area contributed by atoms with Crippen molar-refractivity contribution in [3.63, 3.8) is 0 Å². The minimum atomic E-state index is -0.361. The largest absolute Gasteiger partial charge is 0.479 e. The molecule has 2 aromatic rings. The first-order valence-electron chi connectivity index (χ1n) is 5.91. The Hall–Kier alpha value is -2.27. The quantitative estimate of drug-likeness (QED) is 0.826. The van der Waals surface area contributed by atoms with Crippen molar-refractivity contribution in [1.82, 2.24) is 9.97 Å². The normalized spacial score (nSPS) is 11.9. The molecule has 1 aromatic heterocycles. The van der Waals surface area contributed by atoms with E-state index < -0.39 is 0 Å². The minimum absolute atomic E-state index is 0.166. The molecule has 1 aromatic carbocycles. The van der Waals surface area contributed by atoms with Crippen LogP contribution in [-0.2, 0) is 0 Å². The molecule has 0 fully saturated rings. The van der Waals surface area contributed by atoms with E-state index in [9.17, 15) is 4.79 Å². The van der Waals surface area contributed by atoms with Crippen LogP contribution in [0.3, 0.4) is 0 Å². The lowest BCUT2D eigenvalue weighted by Gasteiger charge is -2.11. The van der Waals surface area contributed by atoms with Gasteiger partial charge in [-0.05, 0) is 5.56 Å². The summed E-state index contributed by atoms with van der Waals surface area (Å²) < 4.78 is 5.02. The summed E-state index contributed by atoms with van der Waals surface area (Å²) in [5.41, 5.74) is 7.15. The number of aromatic nitrogens is 2. The first-order valence-corrected chi connectivity index (χ1v) is 5.91. The molecule has 0 bridgehead atoms. The first-order chi connectivity index (χ1) is 9.22. The topological polar surface area (TPSA) is 78.1 Å². The smallest absolute Gasteiger partial charge is 0.243 e. The number of nitrogens with two attached hydrogens (primary N) is 1. The fraction of sp³-hybridized carbons (Fsp3) is 0.214. The number of Topliss-reactive ketones (excluding diaryl/α,β-unsaturated/α-hetero) is 1. The molecule has 1 atom stereocenters. The van der Waals surface area contributed by atoms with Gasteiger partial charge in [0.2, 0.25) is 5.88 Å². The zero-order valence-corrected chi connectivity index (χ0v) is 10.6. The average Bonchev–Trinajstić information content (AvgIpc) is 2.48. The second-order valence-electron chi connectivity index (χ2n) is 4.06. The zero-order valence-electron chi connectivity index (χ0n) is 10.6. The average molecular weight is 257 g/mol. The number of ketones is 1. The van der Waals surface area contributed by atoms with Gasteiger partial charge in [-0.1, -0.05) is 30.3 Å². The van der Waals surface area contributed by atoms with E-state index >= 15 is 0 Å². The van der Waals surface area contributed by atoms with E-state index in [1.54, 1.807) is 0 Å². The predicted molar refractivity (Wildman–Crippen MR) is 70.9 cm³/mol. The zero-order chi connectivity index (χ0) is 13.7. The number of rotatable bonds is 5. The summed E-state index contributed by atoms with van der Waals surface area (Å²) >= 11 is 0. The number of nitrogens with zero attached hydrogens (tertiary/aromatic N) is 2. The Bertz CT molecular complexity index is 558. The van der Waals surface area contributed by atoms with Crippen molar-refractivity contribution in [1.29, 1.82) is 0 Å². The SMILES string of the molecule is COc1nccnc1C(=O)CC(N)c1ccccc1. The maximum atomic E-state index is 12.1. The lowest BCUT2D eigenvalue weighted by Crippen LogP contribution is -2.17. The van der Waals surface area contributed by atoms with Crippen LogP contribution in [0.1, 0.15) is 28.5 Å². The van der Waals surface area contributed by atoms with E-state index in [1.165, 1.54) is 19.5 Å². The van der Waals surface area contributed by atoms with Crippen LogP contribution in [0.5, 0.6) is 5.88 Å². The maximum Gasteiger partial charge on any atom is 0.243 e. The number of benzene rings is 1. The number of hydrogen-bond donors (Lipinski definition) is 1. The molecule has 0 radical (unpaired) electrons. The molecular formula is C14H15N3O2. The molecule has 2 N–H and O–H groups in total. The molecule has 2 rings (SSSR count). The summed E-state index contributed by atoms with van der Waals surface area (Å²) in [6.07, 6.45) is 3.11. The van der Waals surface area contributed by atoms with Gasteiger partial charge in [0.15, 0.2) is 11.5 Å². The van der Waals surface area contributed by atoms with Gasteiger partial charge >= 0.3 is 0 Å². The Kier molecular flexibility index (Phi) is 4.20. The lowest BCUT2D eigenvalue weighted by molar-refractivity contribution is 0.0965. The summed E-state index contributed by atoms with van der Waals surface area (Å²) in [7, 11) is 1.46. The number of carbonyl (C=O) groups is 1. The third kappa shape index (κ3) is 3.14. The van der Waals surface area contributed by atoms with Gasteiger partial charge in [-0.25, -0.2) is 9.97 Å². The third-order valence-electron chi connectivity index (χ3n) is 2.76. The van der Waals surface area contributed by atoms with Crippen molar-refractivity contribution in [2.45, 2.75) is 12.5 Å². The van der Waals surface area contributed by atoms with Gasteiger partial charge in [-0.3, -0.25) is 4.79 Å². The highest BCUT2D eigenvalue weighted by Crippen LogP contribution is 2.19. The molecule has 0 aliphatic carbocycles. The van der Waals surface area contributed by atoms with Crippen LogP contribution in [0.15, 0.2) is 42.7 Å². The second kappa shape index (κ2) is 6.06. The molecule has 0 amide bonds. The molecule has 0 aliphatic rings. The summed E-state index contributed by atoms with van der Waals surface area (Å²) in [6, 6.07) is 9.12. The molecule has 0 aliphatic heterocycles. The molecule has 98 valence electrons. The van der Waals surface area contributed by atoms with Crippen molar-refractivity contribution in [2.75, 3.05) is 7.11 Å². The number of carbonyl (C=O) groups excluding carboxylic acids is 1. The predicted octanol–water partition coefficient (Wildman–Crippen LogP) is 1.76. The lowest BCUT2D eigenvalue weighted by atomic mass is 10.0. The molecule has 19 heavy (non-hydrogen) atoms. The van der Waals surface area contributed by atoms with Crippen LogP contribution in [0.2, 0.25) is 0 Å². The summed E-state index contributed by atoms with van der Waals surface area (Å²) in [5, 5.41) is 0. The van der Waals surface area contributed by atoms with E-state index in [0.717, 1.165) is 5.56 Å². The molecular weight excluding hydrogens is 242 g/mol. The summed E-state index contributed by atoms with van der Waals surface area (Å²) in [4.78, 5) is 20.1. The standard InChI is InChI=1S/C14H15N3O2/c1-19-14-13(16-7-8-17-14)12(18)9-11(15)10-5-3-2-4-6-10/h2-8,11H,9,15H2,1H3. The van der Waals surface area contributed by atoms with Gasteiger partial charge in [-0.15, -0.1) is 0 Å². The van der Waals surface area contributed by atoms with Crippen LogP contribution >= 0.6 is 0 Å². The van der Waals surface area contributed by atoms with Crippen molar-refractivity contribution in [3.05, 3.63) is 54.0 Å². The molecule has 0 saturated carbocycles. The Morgan fingerprint density at radius 1 is 1.26 bits per heavy atom. The van der Waals surface area contributed by atoms with Gasteiger partial charge in [0, 0.05) is 24.9 Å². The fourth-order valence-corrected chi connectivity index (χ4v) is 1.78. The highest BCUT2D eigenvalue weighted by molar-refractivity contribution is 5.96. The minimum Gasteiger partial charge on any atom is -0.479 e. The molecule has 0 spiro atoms. The Morgan fingerprint density at radius 3 is 2.63 bits per heavy atom.